The fraction of sp³-hybridized carbons (Fsp3) is 0.0667. The topological polar surface area (TPSA) is 87.7 Å². The maximum atomic E-state index is 11.6. The molecule has 5 heteroatoms. The smallest absolute Gasteiger partial charge is 0.244 e. The molecule has 0 bridgehead atoms. The highest BCUT2D eigenvalue weighted by molar-refractivity contribution is 5.83. The molecule has 0 unspecified atom stereocenters. The summed E-state index contributed by atoms with van der Waals surface area (Å²) in [5.74, 6) is -0.0145. The van der Waals surface area contributed by atoms with Crippen molar-refractivity contribution in [2.45, 2.75) is 6.42 Å². The molecular formula is C15H15N3O2. The van der Waals surface area contributed by atoms with Crippen LogP contribution in [-0.2, 0) is 11.2 Å². The van der Waals surface area contributed by atoms with Gasteiger partial charge in [0.15, 0.2) is 0 Å². The van der Waals surface area contributed by atoms with Crippen molar-refractivity contribution in [1.82, 2.24) is 5.43 Å². The highest BCUT2D eigenvalue weighted by Crippen LogP contribution is 2.08. The van der Waals surface area contributed by atoms with Gasteiger partial charge < -0.3 is 10.8 Å². The molecule has 4 N–H and O–H groups in total. The van der Waals surface area contributed by atoms with Gasteiger partial charge in [0.2, 0.25) is 5.91 Å². The Morgan fingerprint density at radius 3 is 2.45 bits per heavy atom. The fourth-order valence-electron chi connectivity index (χ4n) is 1.60. The summed E-state index contributed by atoms with van der Waals surface area (Å²) < 4.78 is 0. The van der Waals surface area contributed by atoms with Crippen LogP contribution >= 0.6 is 0 Å². The molecule has 20 heavy (non-hydrogen) atoms. The van der Waals surface area contributed by atoms with E-state index in [9.17, 15) is 4.79 Å². The summed E-state index contributed by atoms with van der Waals surface area (Å²) in [6.45, 7) is 0. The summed E-state index contributed by atoms with van der Waals surface area (Å²) in [5.41, 5.74) is 10.3. The molecule has 0 radical (unpaired) electrons. The third-order valence-electron chi connectivity index (χ3n) is 2.64. The highest BCUT2D eigenvalue weighted by Gasteiger charge is 2.01. The average Bonchev–Trinajstić information content (AvgIpc) is 2.44. The molecule has 0 heterocycles. The van der Waals surface area contributed by atoms with Crippen LogP contribution in [0.3, 0.4) is 0 Å². The minimum absolute atomic E-state index is 0.189. The van der Waals surface area contributed by atoms with Crippen LogP contribution in [0, 0.1) is 0 Å². The predicted octanol–water partition coefficient (Wildman–Crippen LogP) is 1.67. The Labute approximate surface area is 116 Å². The number of anilines is 1. The largest absolute Gasteiger partial charge is 0.508 e. The van der Waals surface area contributed by atoms with Gasteiger partial charge in [-0.2, -0.15) is 5.10 Å². The van der Waals surface area contributed by atoms with E-state index in [1.807, 2.05) is 0 Å². The van der Waals surface area contributed by atoms with Crippen LogP contribution in [0.1, 0.15) is 11.1 Å². The Morgan fingerprint density at radius 1 is 1.15 bits per heavy atom. The Hall–Kier alpha value is -2.82. The van der Waals surface area contributed by atoms with E-state index in [-0.39, 0.29) is 18.1 Å². The van der Waals surface area contributed by atoms with Gasteiger partial charge in [-0.3, -0.25) is 4.79 Å². The van der Waals surface area contributed by atoms with Crippen molar-refractivity contribution in [3.63, 3.8) is 0 Å². The molecule has 2 rings (SSSR count). The Balaban J connectivity index is 1.85. The number of nitrogens with two attached hydrogens (primary N) is 1. The lowest BCUT2D eigenvalue weighted by Crippen LogP contribution is -2.19. The van der Waals surface area contributed by atoms with Crippen molar-refractivity contribution in [3.8, 4) is 5.75 Å². The zero-order valence-electron chi connectivity index (χ0n) is 10.8. The van der Waals surface area contributed by atoms with Crippen molar-refractivity contribution in [3.05, 3.63) is 59.7 Å². The van der Waals surface area contributed by atoms with E-state index >= 15 is 0 Å². The molecule has 0 saturated heterocycles. The van der Waals surface area contributed by atoms with Crippen LogP contribution in [0.2, 0.25) is 0 Å². The summed E-state index contributed by atoms with van der Waals surface area (Å²) in [6, 6.07) is 13.6. The van der Waals surface area contributed by atoms with E-state index in [1.54, 1.807) is 48.5 Å². The standard InChI is InChI=1S/C15H15N3O2/c16-13-5-1-11(2-6-13)9-15(20)18-17-10-12-3-7-14(19)8-4-12/h1-8,10,19H,9,16H2,(H,18,20)/b17-10-. The first kappa shape index (κ1) is 13.6. The SMILES string of the molecule is Nc1ccc(CC(=O)N/N=C\c2ccc(O)cc2)cc1. The minimum Gasteiger partial charge on any atom is -0.508 e. The number of rotatable bonds is 4. The molecule has 0 fully saturated rings. The number of phenols is 1. The third kappa shape index (κ3) is 4.13. The molecule has 0 spiro atoms. The zero-order chi connectivity index (χ0) is 14.4. The van der Waals surface area contributed by atoms with Crippen molar-refractivity contribution < 1.29 is 9.90 Å². The van der Waals surface area contributed by atoms with E-state index in [2.05, 4.69) is 10.5 Å². The molecule has 0 saturated carbocycles. The van der Waals surface area contributed by atoms with Crippen molar-refractivity contribution in [2.24, 2.45) is 5.10 Å². The van der Waals surface area contributed by atoms with Crippen LogP contribution < -0.4 is 11.2 Å². The lowest BCUT2D eigenvalue weighted by molar-refractivity contribution is -0.120. The first-order valence-electron chi connectivity index (χ1n) is 6.09. The maximum Gasteiger partial charge on any atom is 0.244 e. The summed E-state index contributed by atoms with van der Waals surface area (Å²) >= 11 is 0. The summed E-state index contributed by atoms with van der Waals surface area (Å²) in [4.78, 5) is 11.6. The van der Waals surface area contributed by atoms with Crippen molar-refractivity contribution in [2.75, 3.05) is 5.73 Å². The summed E-state index contributed by atoms with van der Waals surface area (Å²) in [5, 5.41) is 13.0. The van der Waals surface area contributed by atoms with Gasteiger partial charge in [-0.25, -0.2) is 5.43 Å². The Bertz CT molecular complexity index is 604. The number of hydrogen-bond donors (Lipinski definition) is 3. The molecule has 0 aromatic heterocycles. The summed E-state index contributed by atoms with van der Waals surface area (Å²) in [6.07, 6.45) is 1.76. The van der Waals surface area contributed by atoms with Crippen LogP contribution in [-0.4, -0.2) is 17.2 Å². The fourth-order valence-corrected chi connectivity index (χ4v) is 1.60. The predicted molar refractivity (Wildman–Crippen MR) is 78.4 cm³/mol. The second kappa shape index (κ2) is 6.38. The first-order chi connectivity index (χ1) is 9.63. The number of carbonyl (C=O) groups is 1. The molecule has 1 amide bonds. The van der Waals surface area contributed by atoms with E-state index in [1.165, 1.54) is 6.21 Å². The van der Waals surface area contributed by atoms with Gasteiger partial charge in [-0.05, 0) is 47.5 Å². The molecule has 5 nitrogen and oxygen atoms in total. The lowest BCUT2D eigenvalue weighted by atomic mass is 10.1. The molecule has 102 valence electrons. The van der Waals surface area contributed by atoms with Gasteiger partial charge in [0, 0.05) is 5.69 Å². The number of amides is 1. The maximum absolute atomic E-state index is 11.6. The normalized spacial score (nSPS) is 10.6. The highest BCUT2D eigenvalue weighted by atomic mass is 16.3. The second-order valence-electron chi connectivity index (χ2n) is 4.30. The molecule has 0 aliphatic heterocycles. The number of carbonyl (C=O) groups excluding carboxylic acids is 1. The van der Waals surface area contributed by atoms with Gasteiger partial charge in [0.25, 0.3) is 0 Å². The van der Waals surface area contributed by atoms with Crippen molar-refractivity contribution >= 4 is 17.8 Å². The van der Waals surface area contributed by atoms with Crippen molar-refractivity contribution in [1.29, 1.82) is 0 Å². The second-order valence-corrected chi connectivity index (χ2v) is 4.30. The number of nitrogens with one attached hydrogen (secondary N) is 1. The molecular weight excluding hydrogens is 254 g/mol. The first-order valence-corrected chi connectivity index (χ1v) is 6.09. The van der Waals surface area contributed by atoms with Gasteiger partial charge in [0.1, 0.15) is 5.75 Å². The molecule has 0 atom stereocenters. The number of nitrogen functional groups attached to an aromatic ring is 1. The molecule has 2 aromatic carbocycles. The number of benzene rings is 2. The number of hydrogen-bond acceptors (Lipinski definition) is 4. The van der Waals surface area contributed by atoms with E-state index < -0.39 is 0 Å². The molecule has 0 aliphatic rings. The number of nitrogens with zero attached hydrogens (tertiary/aromatic N) is 1. The lowest BCUT2D eigenvalue weighted by Gasteiger charge is -2.01. The summed E-state index contributed by atoms with van der Waals surface area (Å²) in [7, 11) is 0. The van der Waals surface area contributed by atoms with E-state index in [0.717, 1.165) is 11.1 Å². The van der Waals surface area contributed by atoms with Crippen LogP contribution in [0.4, 0.5) is 5.69 Å². The van der Waals surface area contributed by atoms with Crippen LogP contribution in [0.5, 0.6) is 5.75 Å². The zero-order valence-corrected chi connectivity index (χ0v) is 10.8. The minimum atomic E-state index is -0.204. The monoisotopic (exact) mass is 269 g/mol. The molecule has 0 aliphatic carbocycles. The van der Waals surface area contributed by atoms with Gasteiger partial charge in [-0.1, -0.05) is 12.1 Å². The van der Waals surface area contributed by atoms with Gasteiger partial charge >= 0.3 is 0 Å². The Kier molecular flexibility index (Phi) is 4.34. The van der Waals surface area contributed by atoms with Gasteiger partial charge in [-0.15, -0.1) is 0 Å². The number of phenolic OH excluding ortho intramolecular Hbond substituents is 1. The van der Waals surface area contributed by atoms with E-state index in [4.69, 9.17) is 10.8 Å². The van der Waals surface area contributed by atoms with Crippen LogP contribution in [0.25, 0.3) is 0 Å². The average molecular weight is 269 g/mol. The third-order valence-corrected chi connectivity index (χ3v) is 2.64. The molecule has 2 aromatic rings. The number of aromatic hydroxyl groups is 1. The Morgan fingerprint density at radius 2 is 1.80 bits per heavy atom. The number of hydrazone groups is 1. The quantitative estimate of drug-likeness (QED) is 0.448. The van der Waals surface area contributed by atoms with E-state index in [0.29, 0.717) is 5.69 Å². The van der Waals surface area contributed by atoms with Gasteiger partial charge in [0.05, 0.1) is 12.6 Å². The van der Waals surface area contributed by atoms with Crippen LogP contribution in [0.15, 0.2) is 53.6 Å².